The third-order valence-electron chi connectivity index (χ3n) is 5.23. The number of fused-ring (bicyclic) bond motifs is 1. The molecule has 1 aliphatic heterocycles. The van der Waals surface area contributed by atoms with Gasteiger partial charge in [-0.1, -0.05) is 31.4 Å². The minimum absolute atomic E-state index is 0.00703. The molecular formula is C20H24N4O3. The van der Waals surface area contributed by atoms with Crippen molar-refractivity contribution in [2.24, 2.45) is 0 Å². The zero-order valence-corrected chi connectivity index (χ0v) is 15.3. The molecule has 2 heterocycles. The molecule has 0 atom stereocenters. The zero-order valence-electron chi connectivity index (χ0n) is 15.3. The molecule has 0 radical (unpaired) electrons. The van der Waals surface area contributed by atoms with E-state index < -0.39 is 0 Å². The number of carbonyl (C=O) groups excluding carboxylic acids is 2. The Morgan fingerprint density at radius 3 is 2.85 bits per heavy atom. The lowest BCUT2D eigenvalue weighted by molar-refractivity contribution is -0.121. The number of para-hydroxylation sites is 2. The molecule has 1 aromatic carbocycles. The van der Waals surface area contributed by atoms with E-state index in [1.165, 1.54) is 19.3 Å². The van der Waals surface area contributed by atoms with Gasteiger partial charge in [-0.25, -0.2) is 4.68 Å². The van der Waals surface area contributed by atoms with Crippen molar-refractivity contribution in [3.8, 4) is 5.75 Å². The molecule has 0 saturated heterocycles. The summed E-state index contributed by atoms with van der Waals surface area (Å²) in [6, 6.07) is 9.58. The summed E-state index contributed by atoms with van der Waals surface area (Å²) in [5.41, 5.74) is 0.716. The molecule has 7 heteroatoms. The Bertz CT molecular complexity index is 826. The van der Waals surface area contributed by atoms with Gasteiger partial charge < -0.3 is 15.0 Å². The van der Waals surface area contributed by atoms with Crippen molar-refractivity contribution in [2.75, 3.05) is 23.4 Å². The highest BCUT2D eigenvalue weighted by atomic mass is 16.5. The maximum absolute atomic E-state index is 12.5. The summed E-state index contributed by atoms with van der Waals surface area (Å²) in [7, 11) is 0. The van der Waals surface area contributed by atoms with Crippen LogP contribution in [-0.4, -0.2) is 34.7 Å². The summed E-state index contributed by atoms with van der Waals surface area (Å²) in [4.78, 5) is 26.3. The van der Waals surface area contributed by atoms with Gasteiger partial charge in [0.1, 0.15) is 11.6 Å². The van der Waals surface area contributed by atoms with Crippen molar-refractivity contribution in [3.05, 3.63) is 36.5 Å². The topological polar surface area (TPSA) is 76.5 Å². The average molecular weight is 368 g/mol. The standard InChI is InChI=1S/C20H24N4O3/c25-19(22-18-10-12-21-24(18)15-6-2-1-3-7-15)11-13-23-16-8-4-5-9-17(16)27-14-20(23)26/h4-5,8-10,12,15H,1-3,6-7,11,13-14H2,(H,22,25). The molecular weight excluding hydrogens is 344 g/mol. The maximum Gasteiger partial charge on any atom is 0.265 e. The maximum atomic E-state index is 12.5. The van der Waals surface area contributed by atoms with Gasteiger partial charge in [-0.2, -0.15) is 5.10 Å². The number of anilines is 2. The second kappa shape index (κ2) is 7.82. The van der Waals surface area contributed by atoms with Crippen LogP contribution < -0.4 is 15.0 Å². The van der Waals surface area contributed by atoms with E-state index in [1.54, 1.807) is 11.1 Å². The summed E-state index contributed by atoms with van der Waals surface area (Å²) in [5.74, 6) is 1.16. The Kier molecular flexibility index (Phi) is 5.09. The number of aromatic nitrogens is 2. The van der Waals surface area contributed by atoms with E-state index in [-0.39, 0.29) is 24.8 Å². The predicted molar refractivity (Wildman–Crippen MR) is 102 cm³/mol. The first kappa shape index (κ1) is 17.6. The van der Waals surface area contributed by atoms with Crippen molar-refractivity contribution in [1.29, 1.82) is 0 Å². The van der Waals surface area contributed by atoms with Gasteiger partial charge in [0, 0.05) is 19.0 Å². The lowest BCUT2D eigenvalue weighted by Gasteiger charge is -2.29. The van der Waals surface area contributed by atoms with E-state index in [0.717, 1.165) is 18.7 Å². The normalized spacial score (nSPS) is 17.3. The molecule has 0 bridgehead atoms. The molecule has 2 aromatic rings. The van der Waals surface area contributed by atoms with E-state index >= 15 is 0 Å². The van der Waals surface area contributed by atoms with Crippen LogP contribution in [-0.2, 0) is 9.59 Å². The van der Waals surface area contributed by atoms with Crippen LogP contribution in [0.3, 0.4) is 0 Å². The van der Waals surface area contributed by atoms with Crippen LogP contribution in [0.4, 0.5) is 11.5 Å². The molecule has 1 aliphatic carbocycles. The smallest absolute Gasteiger partial charge is 0.265 e. The third kappa shape index (κ3) is 3.82. The lowest BCUT2D eigenvalue weighted by atomic mass is 9.96. The molecule has 7 nitrogen and oxygen atoms in total. The Morgan fingerprint density at radius 2 is 2.00 bits per heavy atom. The predicted octanol–water partition coefficient (Wildman–Crippen LogP) is 3.14. The molecule has 1 fully saturated rings. The molecule has 1 N–H and O–H groups in total. The van der Waals surface area contributed by atoms with Crippen LogP contribution in [0, 0.1) is 0 Å². The van der Waals surface area contributed by atoms with Gasteiger partial charge in [0.05, 0.1) is 17.9 Å². The van der Waals surface area contributed by atoms with Crippen LogP contribution in [0.1, 0.15) is 44.6 Å². The first-order valence-electron chi connectivity index (χ1n) is 9.58. The summed E-state index contributed by atoms with van der Waals surface area (Å²) < 4.78 is 7.37. The largest absolute Gasteiger partial charge is 0.482 e. The minimum atomic E-state index is -0.131. The zero-order chi connectivity index (χ0) is 18.6. The average Bonchev–Trinajstić information content (AvgIpc) is 3.16. The first-order valence-corrected chi connectivity index (χ1v) is 9.58. The van der Waals surface area contributed by atoms with Gasteiger partial charge >= 0.3 is 0 Å². The number of nitrogens with zero attached hydrogens (tertiary/aromatic N) is 3. The summed E-state index contributed by atoms with van der Waals surface area (Å²) in [5, 5.41) is 7.36. The number of hydrogen-bond donors (Lipinski definition) is 1. The van der Waals surface area contributed by atoms with Crippen molar-refractivity contribution < 1.29 is 14.3 Å². The van der Waals surface area contributed by atoms with Gasteiger partial charge in [-0.15, -0.1) is 0 Å². The van der Waals surface area contributed by atoms with E-state index in [9.17, 15) is 9.59 Å². The molecule has 2 amide bonds. The van der Waals surface area contributed by atoms with E-state index in [0.29, 0.717) is 24.0 Å². The fourth-order valence-electron chi connectivity index (χ4n) is 3.85. The number of amides is 2. The summed E-state index contributed by atoms with van der Waals surface area (Å²) in [6.07, 6.45) is 7.83. The number of nitrogens with one attached hydrogen (secondary N) is 1. The first-order chi connectivity index (χ1) is 13.2. The highest BCUT2D eigenvalue weighted by Gasteiger charge is 2.26. The lowest BCUT2D eigenvalue weighted by Crippen LogP contribution is -2.40. The number of rotatable bonds is 5. The fraction of sp³-hybridized carbons (Fsp3) is 0.450. The highest BCUT2D eigenvalue weighted by molar-refractivity contribution is 5.99. The van der Waals surface area contributed by atoms with E-state index in [2.05, 4.69) is 10.4 Å². The van der Waals surface area contributed by atoms with Crippen molar-refractivity contribution in [3.63, 3.8) is 0 Å². The summed E-state index contributed by atoms with van der Waals surface area (Å²) in [6.45, 7) is 0.329. The molecule has 2 aliphatic rings. The van der Waals surface area contributed by atoms with Gasteiger partial charge in [0.25, 0.3) is 5.91 Å². The molecule has 1 saturated carbocycles. The van der Waals surface area contributed by atoms with Crippen LogP contribution in [0.5, 0.6) is 5.75 Å². The minimum Gasteiger partial charge on any atom is -0.482 e. The third-order valence-corrected chi connectivity index (χ3v) is 5.23. The molecule has 1 aromatic heterocycles. The SMILES string of the molecule is O=C(CCN1C(=O)COc2ccccc21)Nc1ccnn1C1CCCCC1. The fourth-order valence-corrected chi connectivity index (χ4v) is 3.85. The second-order valence-corrected chi connectivity index (χ2v) is 7.05. The molecule has 27 heavy (non-hydrogen) atoms. The summed E-state index contributed by atoms with van der Waals surface area (Å²) >= 11 is 0. The van der Waals surface area contributed by atoms with Crippen molar-refractivity contribution in [2.45, 2.75) is 44.6 Å². The number of carbonyl (C=O) groups is 2. The highest BCUT2D eigenvalue weighted by Crippen LogP contribution is 2.32. The Labute approximate surface area is 158 Å². The quantitative estimate of drug-likeness (QED) is 0.880. The van der Waals surface area contributed by atoms with Crippen LogP contribution >= 0.6 is 0 Å². The Morgan fingerprint density at radius 1 is 1.19 bits per heavy atom. The van der Waals surface area contributed by atoms with Gasteiger partial charge in [0.2, 0.25) is 5.91 Å². The van der Waals surface area contributed by atoms with Gasteiger partial charge in [-0.3, -0.25) is 9.59 Å². The molecule has 0 unspecified atom stereocenters. The van der Waals surface area contributed by atoms with Crippen LogP contribution in [0.15, 0.2) is 36.5 Å². The second-order valence-electron chi connectivity index (χ2n) is 7.05. The van der Waals surface area contributed by atoms with Gasteiger partial charge in [-0.05, 0) is 25.0 Å². The number of hydrogen-bond acceptors (Lipinski definition) is 4. The van der Waals surface area contributed by atoms with E-state index in [1.807, 2.05) is 35.0 Å². The molecule has 4 rings (SSSR count). The van der Waals surface area contributed by atoms with Crippen molar-refractivity contribution >= 4 is 23.3 Å². The molecule has 142 valence electrons. The van der Waals surface area contributed by atoms with E-state index in [4.69, 9.17) is 4.74 Å². The number of benzene rings is 1. The molecule has 0 spiro atoms. The van der Waals surface area contributed by atoms with Crippen LogP contribution in [0.25, 0.3) is 0 Å². The Hall–Kier alpha value is -2.83. The number of ether oxygens (including phenoxy) is 1. The van der Waals surface area contributed by atoms with Crippen molar-refractivity contribution in [1.82, 2.24) is 9.78 Å². The Balaban J connectivity index is 1.38. The van der Waals surface area contributed by atoms with Gasteiger partial charge in [0.15, 0.2) is 6.61 Å². The monoisotopic (exact) mass is 368 g/mol. The van der Waals surface area contributed by atoms with Crippen LogP contribution in [0.2, 0.25) is 0 Å².